The first kappa shape index (κ1) is 16.4. The van der Waals surface area contributed by atoms with Gasteiger partial charge in [-0.25, -0.2) is 0 Å². The predicted molar refractivity (Wildman–Crippen MR) is 74.0 cm³/mol. The zero-order valence-electron chi connectivity index (χ0n) is 10.2. The summed E-state index contributed by atoms with van der Waals surface area (Å²) in [6.07, 6.45) is 0.884. The van der Waals surface area contributed by atoms with Crippen molar-refractivity contribution in [2.75, 3.05) is 18.4 Å². The molecule has 0 unspecified atom stereocenters. The van der Waals surface area contributed by atoms with E-state index in [4.69, 9.17) is 5.73 Å². The van der Waals surface area contributed by atoms with Crippen LogP contribution in [-0.4, -0.2) is 24.9 Å². The molecule has 0 aromatic heterocycles. The topological polar surface area (TPSA) is 84.2 Å². The first-order chi connectivity index (χ1) is 8.17. The van der Waals surface area contributed by atoms with Crippen LogP contribution in [0.15, 0.2) is 24.3 Å². The van der Waals surface area contributed by atoms with Crippen LogP contribution in [0.25, 0.3) is 0 Å². The first-order valence-electron chi connectivity index (χ1n) is 5.55. The van der Waals surface area contributed by atoms with E-state index >= 15 is 0 Å². The Kier molecular flexibility index (Phi) is 7.74. The molecule has 0 aliphatic heterocycles. The van der Waals surface area contributed by atoms with Gasteiger partial charge in [0, 0.05) is 17.8 Å². The van der Waals surface area contributed by atoms with Crippen molar-refractivity contribution in [3.05, 3.63) is 29.8 Å². The quantitative estimate of drug-likeness (QED) is 0.751. The summed E-state index contributed by atoms with van der Waals surface area (Å²) in [5, 5.41) is 5.37. The summed E-state index contributed by atoms with van der Waals surface area (Å²) in [5.41, 5.74) is 6.29. The Balaban J connectivity index is 0.00000289. The second-order valence-corrected chi connectivity index (χ2v) is 3.59. The average Bonchev–Trinajstić information content (AvgIpc) is 2.36. The molecule has 100 valence electrons. The Morgan fingerprint density at radius 1 is 1.33 bits per heavy atom. The molecule has 0 aliphatic rings. The van der Waals surface area contributed by atoms with E-state index in [0.717, 1.165) is 6.42 Å². The lowest BCUT2D eigenvalue weighted by Crippen LogP contribution is -2.25. The summed E-state index contributed by atoms with van der Waals surface area (Å²) in [5.74, 6) is -0.424. The number of rotatable bonds is 5. The van der Waals surface area contributed by atoms with Gasteiger partial charge in [0.2, 0.25) is 5.91 Å². The molecule has 6 heteroatoms. The number of benzene rings is 1. The minimum Gasteiger partial charge on any atom is -0.352 e. The highest BCUT2D eigenvalue weighted by Crippen LogP contribution is 2.10. The van der Waals surface area contributed by atoms with Gasteiger partial charge in [0.1, 0.15) is 0 Å². The lowest BCUT2D eigenvalue weighted by molar-refractivity contribution is -0.114. The van der Waals surface area contributed by atoms with Gasteiger partial charge in [0.25, 0.3) is 5.91 Å². The summed E-state index contributed by atoms with van der Waals surface area (Å²) < 4.78 is 0. The third-order valence-corrected chi connectivity index (χ3v) is 2.13. The largest absolute Gasteiger partial charge is 0.352 e. The van der Waals surface area contributed by atoms with Crippen molar-refractivity contribution in [2.24, 2.45) is 5.73 Å². The van der Waals surface area contributed by atoms with Gasteiger partial charge < -0.3 is 16.4 Å². The van der Waals surface area contributed by atoms with Crippen LogP contribution in [0.3, 0.4) is 0 Å². The molecule has 0 fully saturated rings. The van der Waals surface area contributed by atoms with Gasteiger partial charge in [-0.3, -0.25) is 9.59 Å². The third kappa shape index (κ3) is 5.16. The molecule has 0 saturated carbocycles. The van der Waals surface area contributed by atoms with E-state index in [9.17, 15) is 9.59 Å². The van der Waals surface area contributed by atoms with Crippen molar-refractivity contribution in [2.45, 2.75) is 13.3 Å². The van der Waals surface area contributed by atoms with Crippen molar-refractivity contribution in [1.82, 2.24) is 5.32 Å². The number of carbonyl (C=O) groups is 2. The second kappa shape index (κ2) is 8.49. The van der Waals surface area contributed by atoms with Crippen molar-refractivity contribution >= 4 is 29.9 Å². The summed E-state index contributed by atoms with van der Waals surface area (Å²) >= 11 is 0. The molecular formula is C12H18ClN3O2. The third-order valence-electron chi connectivity index (χ3n) is 2.13. The van der Waals surface area contributed by atoms with Gasteiger partial charge in [-0.2, -0.15) is 0 Å². The first-order valence-corrected chi connectivity index (χ1v) is 5.55. The second-order valence-electron chi connectivity index (χ2n) is 3.59. The lowest BCUT2D eigenvalue weighted by atomic mass is 10.2. The van der Waals surface area contributed by atoms with Crippen LogP contribution in [0.1, 0.15) is 23.7 Å². The molecule has 0 radical (unpaired) electrons. The molecule has 1 rings (SSSR count). The molecule has 0 bridgehead atoms. The van der Waals surface area contributed by atoms with E-state index in [0.29, 0.717) is 17.8 Å². The van der Waals surface area contributed by atoms with Crippen molar-refractivity contribution < 1.29 is 9.59 Å². The van der Waals surface area contributed by atoms with Crippen LogP contribution in [0.5, 0.6) is 0 Å². The normalized spacial score (nSPS) is 9.22. The van der Waals surface area contributed by atoms with Gasteiger partial charge in [0.05, 0.1) is 6.54 Å². The Bertz CT molecular complexity index is 410. The highest BCUT2D eigenvalue weighted by molar-refractivity contribution is 5.97. The molecule has 0 aliphatic carbocycles. The molecule has 0 spiro atoms. The fraction of sp³-hybridized carbons (Fsp3) is 0.333. The minimum absolute atomic E-state index is 0. The maximum atomic E-state index is 11.7. The smallest absolute Gasteiger partial charge is 0.251 e. The van der Waals surface area contributed by atoms with E-state index in [-0.39, 0.29) is 30.8 Å². The van der Waals surface area contributed by atoms with Gasteiger partial charge >= 0.3 is 0 Å². The molecular weight excluding hydrogens is 254 g/mol. The molecule has 1 aromatic carbocycles. The molecule has 18 heavy (non-hydrogen) atoms. The maximum Gasteiger partial charge on any atom is 0.251 e. The maximum absolute atomic E-state index is 11.7. The van der Waals surface area contributed by atoms with Crippen molar-refractivity contribution in [3.63, 3.8) is 0 Å². The summed E-state index contributed by atoms with van der Waals surface area (Å²) in [6, 6.07) is 6.75. The van der Waals surface area contributed by atoms with Crippen molar-refractivity contribution in [1.29, 1.82) is 0 Å². The van der Waals surface area contributed by atoms with Gasteiger partial charge in [0.15, 0.2) is 0 Å². The number of carbonyl (C=O) groups excluding carboxylic acids is 2. The Morgan fingerprint density at radius 2 is 2.06 bits per heavy atom. The zero-order valence-corrected chi connectivity index (χ0v) is 11.0. The van der Waals surface area contributed by atoms with E-state index in [1.165, 1.54) is 0 Å². The Morgan fingerprint density at radius 3 is 2.67 bits per heavy atom. The van der Waals surface area contributed by atoms with Crippen LogP contribution >= 0.6 is 12.4 Å². The van der Waals surface area contributed by atoms with E-state index in [1.807, 2.05) is 6.92 Å². The predicted octanol–water partition coefficient (Wildman–Crippen LogP) is 1.15. The van der Waals surface area contributed by atoms with Crippen molar-refractivity contribution in [3.8, 4) is 0 Å². The zero-order chi connectivity index (χ0) is 12.7. The van der Waals surface area contributed by atoms with Crippen LogP contribution in [-0.2, 0) is 4.79 Å². The molecule has 4 N–H and O–H groups in total. The number of hydrogen-bond acceptors (Lipinski definition) is 3. The Hall–Kier alpha value is -1.59. The fourth-order valence-electron chi connectivity index (χ4n) is 1.29. The minimum atomic E-state index is -0.281. The number of halogens is 1. The SMILES string of the molecule is CCCNC(=O)c1cccc(NC(=O)CN)c1.Cl. The lowest BCUT2D eigenvalue weighted by Gasteiger charge is -2.07. The van der Waals surface area contributed by atoms with Crippen LogP contribution < -0.4 is 16.4 Å². The average molecular weight is 272 g/mol. The Labute approximate surface area is 113 Å². The van der Waals surface area contributed by atoms with Crippen LogP contribution in [0.4, 0.5) is 5.69 Å². The standard InChI is InChI=1S/C12H17N3O2.ClH/c1-2-6-14-12(17)9-4-3-5-10(7-9)15-11(16)8-13;/h3-5,7H,2,6,8,13H2,1H3,(H,14,17)(H,15,16);1H. The molecule has 5 nitrogen and oxygen atoms in total. The monoisotopic (exact) mass is 271 g/mol. The molecule has 0 saturated heterocycles. The number of nitrogens with two attached hydrogens (primary N) is 1. The van der Waals surface area contributed by atoms with E-state index in [1.54, 1.807) is 24.3 Å². The summed E-state index contributed by atoms with van der Waals surface area (Å²) in [4.78, 5) is 22.8. The van der Waals surface area contributed by atoms with E-state index < -0.39 is 0 Å². The molecule has 0 heterocycles. The number of hydrogen-bond donors (Lipinski definition) is 3. The summed E-state index contributed by atoms with van der Waals surface area (Å²) in [6.45, 7) is 2.54. The molecule has 1 aromatic rings. The molecule has 2 amide bonds. The van der Waals surface area contributed by atoms with Gasteiger partial charge in [-0.1, -0.05) is 13.0 Å². The van der Waals surface area contributed by atoms with Crippen LogP contribution in [0, 0.1) is 0 Å². The van der Waals surface area contributed by atoms with Gasteiger partial charge in [-0.05, 0) is 24.6 Å². The summed E-state index contributed by atoms with van der Waals surface area (Å²) in [7, 11) is 0. The highest BCUT2D eigenvalue weighted by Gasteiger charge is 2.06. The number of nitrogens with one attached hydrogen (secondary N) is 2. The number of amides is 2. The number of anilines is 1. The molecule has 0 atom stereocenters. The van der Waals surface area contributed by atoms with E-state index in [2.05, 4.69) is 10.6 Å². The van der Waals surface area contributed by atoms with Crippen LogP contribution in [0.2, 0.25) is 0 Å². The highest BCUT2D eigenvalue weighted by atomic mass is 35.5. The van der Waals surface area contributed by atoms with Gasteiger partial charge in [-0.15, -0.1) is 12.4 Å². The fourth-order valence-corrected chi connectivity index (χ4v) is 1.29.